The SMILES string of the molecule is NC(=S)c1ccc(N2CCOC(CO)C2)c(F)c1Br. The zero-order chi connectivity index (χ0) is 14.0. The summed E-state index contributed by atoms with van der Waals surface area (Å²) in [6.07, 6.45) is -0.290. The lowest BCUT2D eigenvalue weighted by Gasteiger charge is -2.34. The molecule has 0 bridgehead atoms. The van der Waals surface area contributed by atoms with Crippen LogP contribution in [0, 0.1) is 5.82 Å². The average molecular weight is 349 g/mol. The number of anilines is 1. The molecule has 7 heteroatoms. The Bertz CT molecular complexity index is 501. The minimum Gasteiger partial charge on any atom is -0.394 e. The number of rotatable bonds is 3. The van der Waals surface area contributed by atoms with Crippen LogP contribution in [0.5, 0.6) is 0 Å². The molecule has 1 unspecified atom stereocenters. The standard InChI is InChI=1S/C12H14BrFN2O2S/c13-10-8(12(15)19)1-2-9(11(10)14)16-3-4-18-7(5-16)6-17/h1-2,7,17H,3-6H2,(H2,15,19). The van der Waals surface area contributed by atoms with Gasteiger partial charge in [-0.3, -0.25) is 0 Å². The monoisotopic (exact) mass is 348 g/mol. The van der Waals surface area contributed by atoms with E-state index in [9.17, 15) is 4.39 Å². The highest BCUT2D eigenvalue weighted by molar-refractivity contribution is 9.10. The smallest absolute Gasteiger partial charge is 0.161 e. The number of halogens is 2. The second-order valence-electron chi connectivity index (χ2n) is 4.25. The van der Waals surface area contributed by atoms with Gasteiger partial charge in [0, 0.05) is 18.7 Å². The fourth-order valence-corrected chi connectivity index (χ4v) is 2.87. The van der Waals surface area contributed by atoms with Crippen molar-refractivity contribution in [1.82, 2.24) is 0 Å². The van der Waals surface area contributed by atoms with Crippen LogP contribution in [-0.4, -0.2) is 42.5 Å². The molecule has 1 atom stereocenters. The number of aliphatic hydroxyl groups excluding tert-OH is 1. The lowest BCUT2D eigenvalue weighted by Crippen LogP contribution is -2.44. The van der Waals surface area contributed by atoms with Crippen molar-refractivity contribution in [2.24, 2.45) is 5.73 Å². The maximum atomic E-state index is 14.3. The summed E-state index contributed by atoms with van der Waals surface area (Å²) in [7, 11) is 0. The van der Waals surface area contributed by atoms with Crippen LogP contribution >= 0.6 is 28.1 Å². The minimum atomic E-state index is -0.399. The fraction of sp³-hybridized carbons (Fsp3) is 0.417. The van der Waals surface area contributed by atoms with E-state index in [0.717, 1.165) is 0 Å². The van der Waals surface area contributed by atoms with Crippen LogP contribution in [-0.2, 0) is 4.74 Å². The number of nitrogens with two attached hydrogens (primary N) is 1. The molecule has 1 aromatic rings. The molecule has 4 nitrogen and oxygen atoms in total. The van der Waals surface area contributed by atoms with Gasteiger partial charge in [0.25, 0.3) is 0 Å². The molecule has 0 amide bonds. The summed E-state index contributed by atoms with van der Waals surface area (Å²) in [4.78, 5) is 1.99. The van der Waals surface area contributed by atoms with Crippen LogP contribution in [0.15, 0.2) is 16.6 Å². The van der Waals surface area contributed by atoms with Crippen molar-refractivity contribution in [1.29, 1.82) is 0 Å². The summed E-state index contributed by atoms with van der Waals surface area (Å²) in [5, 5.41) is 9.11. The molecule has 1 aliphatic heterocycles. The predicted molar refractivity (Wildman–Crippen MR) is 79.0 cm³/mol. The Labute approximate surface area is 124 Å². The first kappa shape index (κ1) is 14.6. The van der Waals surface area contributed by atoms with E-state index in [1.54, 1.807) is 12.1 Å². The predicted octanol–water partition coefficient (Wildman–Crippen LogP) is 1.42. The molecule has 1 saturated heterocycles. The van der Waals surface area contributed by atoms with Crippen molar-refractivity contribution >= 4 is 38.8 Å². The molecule has 1 fully saturated rings. The normalized spacial score (nSPS) is 19.5. The third kappa shape index (κ3) is 3.05. The van der Waals surface area contributed by atoms with Crippen LogP contribution < -0.4 is 10.6 Å². The summed E-state index contributed by atoms with van der Waals surface area (Å²) >= 11 is 8.04. The zero-order valence-electron chi connectivity index (χ0n) is 10.1. The van der Waals surface area contributed by atoms with E-state index in [2.05, 4.69) is 15.9 Å². The van der Waals surface area contributed by atoms with Crippen molar-refractivity contribution in [2.75, 3.05) is 31.2 Å². The van der Waals surface area contributed by atoms with Gasteiger partial charge in [0.2, 0.25) is 0 Å². The Morgan fingerprint density at radius 2 is 2.37 bits per heavy atom. The van der Waals surface area contributed by atoms with E-state index < -0.39 is 5.82 Å². The van der Waals surface area contributed by atoms with Gasteiger partial charge in [-0.1, -0.05) is 12.2 Å². The number of nitrogens with zero attached hydrogens (tertiary/aromatic N) is 1. The number of ether oxygens (including phenoxy) is 1. The Balaban J connectivity index is 2.30. The van der Waals surface area contributed by atoms with E-state index >= 15 is 0 Å². The lowest BCUT2D eigenvalue weighted by molar-refractivity contribution is 0.00340. The van der Waals surface area contributed by atoms with Gasteiger partial charge in [-0.05, 0) is 28.1 Å². The van der Waals surface area contributed by atoms with Crippen LogP contribution in [0.3, 0.4) is 0 Å². The van der Waals surface area contributed by atoms with Gasteiger partial charge < -0.3 is 20.5 Å². The number of hydrogen-bond acceptors (Lipinski definition) is 4. The number of aliphatic hydroxyl groups is 1. The van der Waals surface area contributed by atoms with Gasteiger partial charge in [0.1, 0.15) is 4.99 Å². The van der Waals surface area contributed by atoms with Gasteiger partial charge in [0.05, 0.1) is 29.5 Å². The summed E-state index contributed by atoms with van der Waals surface area (Å²) in [6, 6.07) is 3.34. The Morgan fingerprint density at radius 1 is 1.63 bits per heavy atom. The first-order valence-electron chi connectivity index (χ1n) is 5.79. The lowest BCUT2D eigenvalue weighted by atomic mass is 10.1. The van der Waals surface area contributed by atoms with E-state index in [1.165, 1.54) is 0 Å². The first-order chi connectivity index (χ1) is 9.04. The van der Waals surface area contributed by atoms with E-state index in [-0.39, 0.29) is 22.2 Å². The van der Waals surface area contributed by atoms with Gasteiger partial charge in [-0.15, -0.1) is 0 Å². The van der Waals surface area contributed by atoms with Crippen molar-refractivity contribution in [3.8, 4) is 0 Å². The quantitative estimate of drug-likeness (QED) is 0.809. The number of thiocarbonyl (C=S) groups is 1. The third-order valence-electron chi connectivity index (χ3n) is 3.01. The van der Waals surface area contributed by atoms with Crippen molar-refractivity contribution in [3.63, 3.8) is 0 Å². The van der Waals surface area contributed by atoms with Crippen molar-refractivity contribution < 1.29 is 14.2 Å². The third-order valence-corrected chi connectivity index (χ3v) is 4.01. The molecule has 0 aromatic heterocycles. The molecule has 0 spiro atoms. The molecule has 3 N–H and O–H groups in total. The Hall–Kier alpha value is -0.760. The summed E-state index contributed by atoms with van der Waals surface area (Å²) in [5.41, 5.74) is 6.45. The van der Waals surface area contributed by atoms with Gasteiger partial charge in [0.15, 0.2) is 5.82 Å². The van der Waals surface area contributed by atoms with Crippen LogP contribution in [0.4, 0.5) is 10.1 Å². The van der Waals surface area contributed by atoms with Gasteiger partial charge >= 0.3 is 0 Å². The Morgan fingerprint density at radius 3 is 3.00 bits per heavy atom. The largest absolute Gasteiger partial charge is 0.394 e. The minimum absolute atomic E-state index is 0.0791. The molecule has 0 aliphatic carbocycles. The molecular weight excluding hydrogens is 335 g/mol. The zero-order valence-corrected chi connectivity index (χ0v) is 12.5. The summed E-state index contributed by atoms with van der Waals surface area (Å²) < 4.78 is 19.9. The molecule has 1 heterocycles. The molecule has 0 saturated carbocycles. The topological polar surface area (TPSA) is 58.7 Å². The van der Waals surface area contributed by atoms with E-state index in [4.69, 9.17) is 27.8 Å². The summed E-state index contributed by atoms with van der Waals surface area (Å²) in [6.45, 7) is 1.40. The highest BCUT2D eigenvalue weighted by Gasteiger charge is 2.24. The maximum Gasteiger partial charge on any atom is 0.161 e. The molecule has 19 heavy (non-hydrogen) atoms. The molecule has 104 valence electrons. The maximum absolute atomic E-state index is 14.3. The van der Waals surface area contributed by atoms with Gasteiger partial charge in [-0.2, -0.15) is 0 Å². The highest BCUT2D eigenvalue weighted by atomic mass is 79.9. The second-order valence-corrected chi connectivity index (χ2v) is 5.48. The summed E-state index contributed by atoms with van der Waals surface area (Å²) in [5.74, 6) is -0.399. The van der Waals surface area contributed by atoms with Crippen LogP contribution in [0.25, 0.3) is 0 Å². The molecule has 1 aliphatic rings. The molecule has 2 rings (SSSR count). The van der Waals surface area contributed by atoms with Crippen molar-refractivity contribution in [3.05, 3.63) is 28.0 Å². The number of morpholine rings is 1. The first-order valence-corrected chi connectivity index (χ1v) is 7.00. The van der Waals surface area contributed by atoms with Crippen LogP contribution in [0.1, 0.15) is 5.56 Å². The van der Waals surface area contributed by atoms with Crippen LogP contribution in [0.2, 0.25) is 0 Å². The average Bonchev–Trinajstić information content (AvgIpc) is 2.41. The molecule has 0 radical (unpaired) electrons. The highest BCUT2D eigenvalue weighted by Crippen LogP contribution is 2.30. The van der Waals surface area contributed by atoms with E-state index in [0.29, 0.717) is 30.9 Å². The van der Waals surface area contributed by atoms with E-state index in [1.807, 2.05) is 4.90 Å². The number of hydrogen-bond donors (Lipinski definition) is 2. The second kappa shape index (κ2) is 6.13. The number of benzene rings is 1. The van der Waals surface area contributed by atoms with Crippen molar-refractivity contribution in [2.45, 2.75) is 6.10 Å². The fourth-order valence-electron chi connectivity index (χ4n) is 2.02. The molecular formula is C12H14BrFN2O2S. The Kier molecular flexibility index (Phi) is 4.72. The van der Waals surface area contributed by atoms with Gasteiger partial charge in [-0.25, -0.2) is 4.39 Å². The molecule has 1 aromatic carbocycles.